The van der Waals surface area contributed by atoms with Crippen molar-refractivity contribution >= 4 is 29.2 Å². The fourth-order valence-electron chi connectivity index (χ4n) is 1.98. The molecule has 0 bridgehead atoms. The van der Waals surface area contributed by atoms with Gasteiger partial charge in [-0.2, -0.15) is 13.2 Å². The topological polar surface area (TPSA) is 41.6 Å². The number of ether oxygens (including phenoxy) is 1. The van der Waals surface area contributed by atoms with Crippen LogP contribution in [-0.4, -0.2) is 42.9 Å². The van der Waals surface area contributed by atoms with Crippen LogP contribution in [0.15, 0.2) is 18.2 Å². The van der Waals surface area contributed by atoms with Gasteiger partial charge >= 0.3 is 12.2 Å². The average Bonchev–Trinajstić information content (AvgIpc) is 2.45. The number of carbonyl (C=O) groups is 1. The summed E-state index contributed by atoms with van der Waals surface area (Å²) in [5.74, 6) is 0. The van der Waals surface area contributed by atoms with Crippen LogP contribution in [0.1, 0.15) is 5.56 Å². The normalized spacial score (nSPS) is 19.1. The van der Waals surface area contributed by atoms with Gasteiger partial charge < -0.3 is 15.0 Å². The molecular weight excluding hydrogens is 344 g/mol. The highest BCUT2D eigenvalue weighted by atomic mass is 35.5. The standard InChI is InChI=1S/C13H13Cl2F3N2O2/c14-9-2-1-8(10(15)5-9)6-19-12(21)20-3-4-22-11(7-20)13(16,17)18/h1-2,5,11H,3-4,6-7H2,(H,19,21)/t11-/m0/s1. The monoisotopic (exact) mass is 356 g/mol. The van der Waals surface area contributed by atoms with Crippen molar-refractivity contribution in [2.75, 3.05) is 19.7 Å². The number of nitrogens with one attached hydrogen (secondary N) is 1. The fraction of sp³-hybridized carbons (Fsp3) is 0.462. The van der Waals surface area contributed by atoms with Crippen LogP contribution in [0.2, 0.25) is 10.0 Å². The van der Waals surface area contributed by atoms with Crippen LogP contribution in [-0.2, 0) is 11.3 Å². The highest BCUT2D eigenvalue weighted by Gasteiger charge is 2.44. The Bertz CT molecular complexity index is 555. The molecule has 1 N–H and O–H groups in total. The number of urea groups is 1. The van der Waals surface area contributed by atoms with Crippen molar-refractivity contribution in [1.82, 2.24) is 10.2 Å². The second kappa shape index (κ2) is 6.93. The van der Waals surface area contributed by atoms with Gasteiger partial charge in [0.15, 0.2) is 6.10 Å². The molecule has 1 saturated heterocycles. The van der Waals surface area contributed by atoms with E-state index in [4.69, 9.17) is 23.2 Å². The summed E-state index contributed by atoms with van der Waals surface area (Å²) in [5.41, 5.74) is 0.625. The fourth-order valence-corrected chi connectivity index (χ4v) is 2.45. The van der Waals surface area contributed by atoms with Gasteiger partial charge in [0, 0.05) is 23.1 Å². The van der Waals surface area contributed by atoms with Gasteiger partial charge in [0.25, 0.3) is 0 Å². The van der Waals surface area contributed by atoms with Crippen molar-refractivity contribution in [2.24, 2.45) is 0 Å². The Labute approximate surface area is 135 Å². The number of hydrogen-bond acceptors (Lipinski definition) is 2. The van der Waals surface area contributed by atoms with E-state index >= 15 is 0 Å². The molecule has 22 heavy (non-hydrogen) atoms. The van der Waals surface area contributed by atoms with Crippen LogP contribution in [0.5, 0.6) is 0 Å². The highest BCUT2D eigenvalue weighted by Crippen LogP contribution is 2.26. The Morgan fingerprint density at radius 3 is 2.77 bits per heavy atom. The first-order chi connectivity index (χ1) is 10.3. The molecule has 1 aromatic rings. The van der Waals surface area contributed by atoms with Gasteiger partial charge in [-0.25, -0.2) is 4.79 Å². The zero-order valence-corrected chi connectivity index (χ0v) is 12.8. The number of alkyl halides is 3. The first-order valence-corrected chi connectivity index (χ1v) is 7.18. The van der Waals surface area contributed by atoms with Crippen molar-refractivity contribution in [3.05, 3.63) is 33.8 Å². The zero-order chi connectivity index (χ0) is 16.3. The van der Waals surface area contributed by atoms with Crippen LogP contribution in [0.4, 0.5) is 18.0 Å². The van der Waals surface area contributed by atoms with Gasteiger partial charge in [0.1, 0.15) is 0 Å². The molecule has 122 valence electrons. The molecule has 0 unspecified atom stereocenters. The van der Waals surface area contributed by atoms with Crippen LogP contribution in [0.3, 0.4) is 0 Å². The lowest BCUT2D eigenvalue weighted by molar-refractivity contribution is -0.233. The molecule has 0 spiro atoms. The second-order valence-electron chi connectivity index (χ2n) is 4.74. The molecular formula is C13H13Cl2F3N2O2. The Morgan fingerprint density at radius 2 is 2.14 bits per heavy atom. The lowest BCUT2D eigenvalue weighted by Crippen LogP contribution is -2.53. The summed E-state index contributed by atoms with van der Waals surface area (Å²) in [6.07, 6.45) is -6.44. The van der Waals surface area contributed by atoms with E-state index in [2.05, 4.69) is 10.1 Å². The van der Waals surface area contributed by atoms with E-state index in [1.165, 1.54) is 6.07 Å². The van der Waals surface area contributed by atoms with E-state index < -0.39 is 24.9 Å². The van der Waals surface area contributed by atoms with Crippen molar-refractivity contribution < 1.29 is 22.7 Å². The third-order valence-corrected chi connectivity index (χ3v) is 3.75. The molecule has 1 aliphatic rings. The summed E-state index contributed by atoms with van der Waals surface area (Å²) in [4.78, 5) is 13.0. The minimum atomic E-state index is -4.49. The highest BCUT2D eigenvalue weighted by molar-refractivity contribution is 6.35. The smallest absolute Gasteiger partial charge is 0.365 e. The predicted molar refractivity (Wildman–Crippen MR) is 76.1 cm³/mol. The van der Waals surface area contributed by atoms with Crippen molar-refractivity contribution in [3.8, 4) is 0 Å². The quantitative estimate of drug-likeness (QED) is 0.881. The number of morpholine rings is 1. The van der Waals surface area contributed by atoms with Gasteiger partial charge in [-0.15, -0.1) is 0 Å². The number of nitrogens with zero attached hydrogens (tertiary/aromatic N) is 1. The summed E-state index contributed by atoms with van der Waals surface area (Å²) in [5, 5.41) is 3.37. The van der Waals surface area contributed by atoms with Crippen molar-refractivity contribution in [3.63, 3.8) is 0 Å². The first-order valence-electron chi connectivity index (χ1n) is 6.42. The van der Waals surface area contributed by atoms with E-state index in [-0.39, 0.29) is 19.7 Å². The second-order valence-corrected chi connectivity index (χ2v) is 5.59. The predicted octanol–water partition coefficient (Wildman–Crippen LogP) is 3.47. The van der Waals surface area contributed by atoms with E-state index in [1.54, 1.807) is 12.1 Å². The molecule has 0 saturated carbocycles. The molecule has 4 nitrogen and oxygen atoms in total. The molecule has 9 heteroatoms. The molecule has 1 fully saturated rings. The Hall–Kier alpha value is -1.18. The minimum absolute atomic E-state index is 0.100. The maximum absolute atomic E-state index is 12.6. The van der Waals surface area contributed by atoms with Crippen molar-refractivity contribution in [2.45, 2.75) is 18.8 Å². The van der Waals surface area contributed by atoms with Crippen LogP contribution in [0.25, 0.3) is 0 Å². The molecule has 0 aromatic heterocycles. The van der Waals surface area contributed by atoms with Crippen LogP contribution < -0.4 is 5.32 Å². The van der Waals surface area contributed by atoms with Crippen molar-refractivity contribution in [1.29, 1.82) is 0 Å². The largest absolute Gasteiger partial charge is 0.416 e. The van der Waals surface area contributed by atoms with E-state index in [0.29, 0.717) is 15.6 Å². The van der Waals surface area contributed by atoms with Gasteiger partial charge in [0.2, 0.25) is 0 Å². The van der Waals surface area contributed by atoms with Gasteiger partial charge in [-0.1, -0.05) is 29.3 Å². The number of benzene rings is 1. The van der Waals surface area contributed by atoms with Gasteiger partial charge in [-0.3, -0.25) is 0 Å². The summed E-state index contributed by atoms with van der Waals surface area (Å²) < 4.78 is 42.5. The average molecular weight is 357 g/mol. The molecule has 0 aliphatic carbocycles. The summed E-state index contributed by atoms with van der Waals surface area (Å²) in [7, 11) is 0. The molecule has 2 amide bonds. The summed E-state index contributed by atoms with van der Waals surface area (Å²) in [6, 6.07) is 4.19. The zero-order valence-electron chi connectivity index (χ0n) is 11.3. The third kappa shape index (κ3) is 4.41. The Kier molecular flexibility index (Phi) is 5.41. The molecule has 1 atom stereocenters. The Balaban J connectivity index is 1.92. The van der Waals surface area contributed by atoms with E-state index in [9.17, 15) is 18.0 Å². The molecule has 1 heterocycles. The van der Waals surface area contributed by atoms with Crippen LogP contribution >= 0.6 is 23.2 Å². The SMILES string of the molecule is O=C(NCc1ccc(Cl)cc1Cl)N1CCO[C@H](C(F)(F)F)C1. The first kappa shape index (κ1) is 17.2. The molecule has 2 rings (SSSR count). The molecule has 1 aromatic carbocycles. The Morgan fingerprint density at radius 1 is 1.41 bits per heavy atom. The lowest BCUT2D eigenvalue weighted by atomic mass is 10.2. The van der Waals surface area contributed by atoms with Gasteiger partial charge in [-0.05, 0) is 17.7 Å². The number of halogens is 5. The lowest BCUT2D eigenvalue weighted by Gasteiger charge is -2.33. The van der Waals surface area contributed by atoms with Crippen LogP contribution in [0, 0.1) is 0 Å². The number of rotatable bonds is 2. The third-order valence-electron chi connectivity index (χ3n) is 3.16. The number of amides is 2. The summed E-state index contributed by atoms with van der Waals surface area (Å²) >= 11 is 11.7. The summed E-state index contributed by atoms with van der Waals surface area (Å²) in [6.45, 7) is -0.474. The number of carbonyl (C=O) groups excluding carboxylic acids is 1. The minimum Gasteiger partial charge on any atom is -0.365 e. The maximum atomic E-state index is 12.6. The molecule has 0 radical (unpaired) electrons. The van der Waals surface area contributed by atoms with E-state index in [1.807, 2.05) is 0 Å². The molecule has 1 aliphatic heterocycles. The number of hydrogen-bond donors (Lipinski definition) is 1. The maximum Gasteiger partial charge on any atom is 0.416 e. The van der Waals surface area contributed by atoms with Gasteiger partial charge in [0.05, 0.1) is 13.2 Å². The van der Waals surface area contributed by atoms with E-state index in [0.717, 1.165) is 4.90 Å².